The Labute approximate surface area is 71.6 Å². The molecular formula is C10H8N2. The second-order valence-electron chi connectivity index (χ2n) is 2.40. The average Bonchev–Trinajstić information content (AvgIpc) is 2.04. The topological polar surface area (TPSA) is 49.8 Å². The minimum atomic E-state index is 0.623. The molecule has 58 valence electrons. The first-order valence-electron chi connectivity index (χ1n) is 3.51. The SMILES string of the molecule is Cc1cccc(N)c1C#CC#N. The van der Waals surface area contributed by atoms with E-state index in [-0.39, 0.29) is 0 Å². The van der Waals surface area contributed by atoms with Crippen molar-refractivity contribution in [1.82, 2.24) is 0 Å². The molecule has 0 aliphatic carbocycles. The maximum absolute atomic E-state index is 8.24. The van der Waals surface area contributed by atoms with Crippen LogP contribution in [0.25, 0.3) is 0 Å². The molecule has 0 saturated heterocycles. The molecule has 1 aromatic carbocycles. The van der Waals surface area contributed by atoms with Crippen LogP contribution in [0, 0.1) is 30.1 Å². The Morgan fingerprint density at radius 1 is 1.42 bits per heavy atom. The Hall–Kier alpha value is -1.93. The van der Waals surface area contributed by atoms with Gasteiger partial charge in [-0.1, -0.05) is 12.1 Å². The van der Waals surface area contributed by atoms with E-state index in [0.717, 1.165) is 11.1 Å². The Morgan fingerprint density at radius 3 is 2.75 bits per heavy atom. The Balaban J connectivity index is 3.24. The van der Waals surface area contributed by atoms with Gasteiger partial charge < -0.3 is 5.73 Å². The molecule has 0 atom stereocenters. The Morgan fingerprint density at radius 2 is 2.17 bits per heavy atom. The van der Waals surface area contributed by atoms with E-state index in [4.69, 9.17) is 11.0 Å². The van der Waals surface area contributed by atoms with E-state index in [1.54, 1.807) is 12.1 Å². The summed E-state index contributed by atoms with van der Waals surface area (Å²) in [5.74, 6) is 5.02. The first kappa shape index (κ1) is 8.17. The first-order valence-corrected chi connectivity index (χ1v) is 3.51. The fourth-order valence-electron chi connectivity index (χ4n) is 0.952. The fraction of sp³-hybridized carbons (Fsp3) is 0.100. The van der Waals surface area contributed by atoms with Crippen LogP contribution in [0.1, 0.15) is 11.1 Å². The van der Waals surface area contributed by atoms with E-state index in [0.29, 0.717) is 5.69 Å². The minimum absolute atomic E-state index is 0.623. The number of rotatable bonds is 0. The summed E-state index contributed by atoms with van der Waals surface area (Å²) in [5, 5.41) is 8.24. The third-order valence-electron chi connectivity index (χ3n) is 1.55. The molecule has 2 heteroatoms. The van der Waals surface area contributed by atoms with Crippen molar-refractivity contribution in [2.45, 2.75) is 6.92 Å². The number of nitrogens with zero attached hydrogens (tertiary/aromatic N) is 1. The molecule has 2 nitrogen and oxygen atoms in total. The molecule has 0 unspecified atom stereocenters. The summed E-state index contributed by atoms with van der Waals surface area (Å²) in [5.41, 5.74) is 8.02. The number of nitrogens with two attached hydrogens (primary N) is 1. The van der Waals surface area contributed by atoms with Crippen molar-refractivity contribution >= 4 is 5.69 Å². The normalized spacial score (nSPS) is 8.00. The van der Waals surface area contributed by atoms with Crippen LogP contribution in [0.4, 0.5) is 5.69 Å². The van der Waals surface area contributed by atoms with E-state index in [1.807, 2.05) is 19.1 Å². The van der Waals surface area contributed by atoms with Gasteiger partial charge >= 0.3 is 0 Å². The second kappa shape index (κ2) is 3.46. The zero-order valence-electron chi connectivity index (χ0n) is 6.76. The van der Waals surface area contributed by atoms with Crippen LogP contribution in [0.5, 0.6) is 0 Å². The van der Waals surface area contributed by atoms with Crippen LogP contribution in [0.2, 0.25) is 0 Å². The molecule has 0 heterocycles. The number of hydrogen-bond acceptors (Lipinski definition) is 2. The van der Waals surface area contributed by atoms with Gasteiger partial charge in [0.25, 0.3) is 0 Å². The third-order valence-corrected chi connectivity index (χ3v) is 1.55. The van der Waals surface area contributed by atoms with E-state index >= 15 is 0 Å². The molecule has 0 amide bonds. The second-order valence-corrected chi connectivity index (χ2v) is 2.40. The number of nitriles is 1. The van der Waals surface area contributed by atoms with Gasteiger partial charge in [0, 0.05) is 11.6 Å². The number of hydrogen-bond donors (Lipinski definition) is 1. The van der Waals surface area contributed by atoms with Crippen molar-refractivity contribution in [3.63, 3.8) is 0 Å². The lowest BCUT2D eigenvalue weighted by Crippen LogP contribution is -1.92. The van der Waals surface area contributed by atoms with Gasteiger partial charge in [-0.2, -0.15) is 5.26 Å². The van der Waals surface area contributed by atoms with E-state index in [9.17, 15) is 0 Å². The van der Waals surface area contributed by atoms with Crippen molar-refractivity contribution in [2.24, 2.45) is 0 Å². The minimum Gasteiger partial charge on any atom is -0.398 e. The number of anilines is 1. The van der Waals surface area contributed by atoms with Crippen molar-refractivity contribution < 1.29 is 0 Å². The van der Waals surface area contributed by atoms with Crippen LogP contribution in [0.3, 0.4) is 0 Å². The van der Waals surface area contributed by atoms with Gasteiger partial charge in [0.05, 0.1) is 5.56 Å². The number of aryl methyl sites for hydroxylation is 1. The molecule has 0 saturated carbocycles. The van der Waals surface area contributed by atoms with Crippen molar-refractivity contribution in [2.75, 3.05) is 5.73 Å². The predicted octanol–water partition coefficient (Wildman–Crippen LogP) is 1.45. The summed E-state index contributed by atoms with van der Waals surface area (Å²) in [4.78, 5) is 0. The van der Waals surface area contributed by atoms with E-state index < -0.39 is 0 Å². The summed E-state index contributed by atoms with van der Waals surface area (Å²) in [6.45, 7) is 1.91. The van der Waals surface area contributed by atoms with Crippen molar-refractivity contribution in [1.29, 1.82) is 5.26 Å². The van der Waals surface area contributed by atoms with Gasteiger partial charge in [-0.3, -0.25) is 0 Å². The van der Waals surface area contributed by atoms with E-state index in [1.165, 1.54) is 0 Å². The highest BCUT2D eigenvalue weighted by Gasteiger charge is 1.97. The highest BCUT2D eigenvalue weighted by molar-refractivity contribution is 5.60. The van der Waals surface area contributed by atoms with Crippen LogP contribution in [-0.2, 0) is 0 Å². The standard InChI is InChI=1S/C10H8N2/c1-8-4-2-6-10(12)9(8)5-3-7-11/h2,4,6H,12H2,1H3. The first-order chi connectivity index (χ1) is 5.75. The predicted molar refractivity (Wildman–Crippen MR) is 48.1 cm³/mol. The van der Waals surface area contributed by atoms with E-state index in [2.05, 4.69) is 11.8 Å². The molecule has 12 heavy (non-hydrogen) atoms. The average molecular weight is 156 g/mol. The van der Waals surface area contributed by atoms with Crippen LogP contribution in [-0.4, -0.2) is 0 Å². The number of nitrogen functional groups attached to an aromatic ring is 1. The van der Waals surface area contributed by atoms with Gasteiger partial charge in [-0.05, 0) is 24.5 Å². The highest BCUT2D eigenvalue weighted by Crippen LogP contribution is 2.13. The van der Waals surface area contributed by atoms with Crippen molar-refractivity contribution in [3.05, 3.63) is 29.3 Å². The molecular weight excluding hydrogens is 148 g/mol. The summed E-state index contributed by atoms with van der Waals surface area (Å²) < 4.78 is 0. The summed E-state index contributed by atoms with van der Waals surface area (Å²) in [6.07, 6.45) is 0. The van der Waals surface area contributed by atoms with Gasteiger partial charge in [0.1, 0.15) is 0 Å². The zero-order chi connectivity index (χ0) is 8.97. The quantitative estimate of drug-likeness (QED) is 0.456. The summed E-state index contributed by atoms with van der Waals surface area (Å²) in [7, 11) is 0. The monoisotopic (exact) mass is 156 g/mol. The lowest BCUT2D eigenvalue weighted by Gasteiger charge is -2.00. The third kappa shape index (κ3) is 1.56. The van der Waals surface area contributed by atoms with Gasteiger partial charge in [-0.25, -0.2) is 0 Å². The molecule has 0 aliphatic heterocycles. The lowest BCUT2D eigenvalue weighted by atomic mass is 10.1. The zero-order valence-corrected chi connectivity index (χ0v) is 6.76. The summed E-state index contributed by atoms with van der Waals surface area (Å²) in [6, 6.07) is 7.30. The molecule has 1 rings (SSSR count). The fourth-order valence-corrected chi connectivity index (χ4v) is 0.952. The molecule has 0 spiro atoms. The lowest BCUT2D eigenvalue weighted by molar-refractivity contribution is 1.44. The van der Waals surface area contributed by atoms with Crippen LogP contribution >= 0.6 is 0 Å². The highest BCUT2D eigenvalue weighted by atomic mass is 14.6. The maximum atomic E-state index is 8.24. The molecule has 2 N–H and O–H groups in total. The molecule has 1 aromatic rings. The summed E-state index contributed by atoms with van der Waals surface area (Å²) >= 11 is 0. The Kier molecular flexibility index (Phi) is 2.35. The van der Waals surface area contributed by atoms with Gasteiger partial charge in [0.15, 0.2) is 6.07 Å². The molecule has 0 aromatic heterocycles. The smallest absolute Gasteiger partial charge is 0.152 e. The Bertz CT molecular complexity index is 368. The molecule has 0 aliphatic rings. The number of benzene rings is 1. The van der Waals surface area contributed by atoms with Crippen molar-refractivity contribution in [3.8, 4) is 17.9 Å². The molecule has 0 bridgehead atoms. The maximum Gasteiger partial charge on any atom is 0.152 e. The van der Waals surface area contributed by atoms with Crippen LogP contribution < -0.4 is 5.73 Å². The molecule has 0 fully saturated rings. The largest absolute Gasteiger partial charge is 0.398 e. The van der Waals surface area contributed by atoms with Gasteiger partial charge in [0.2, 0.25) is 0 Å². The van der Waals surface area contributed by atoms with Crippen LogP contribution in [0.15, 0.2) is 18.2 Å². The van der Waals surface area contributed by atoms with Gasteiger partial charge in [-0.15, -0.1) is 0 Å². The molecule has 0 radical (unpaired) electrons.